The molecule has 17 heavy (non-hydrogen) atoms. The van der Waals surface area contributed by atoms with E-state index in [2.05, 4.69) is 11.9 Å². The monoisotopic (exact) mass is 239 g/mol. The van der Waals surface area contributed by atoms with Crippen molar-refractivity contribution in [3.63, 3.8) is 0 Å². The third kappa shape index (κ3) is 3.88. The summed E-state index contributed by atoms with van der Waals surface area (Å²) in [6.45, 7) is 7.42. The third-order valence-corrected chi connectivity index (χ3v) is 3.20. The highest BCUT2D eigenvalue weighted by atomic mass is 16.5. The first kappa shape index (κ1) is 13.7. The van der Waals surface area contributed by atoms with Crippen LogP contribution < -0.4 is 5.32 Å². The quantitative estimate of drug-likeness (QED) is 0.599. The van der Waals surface area contributed by atoms with Crippen molar-refractivity contribution < 1.29 is 14.3 Å². The second-order valence-corrected chi connectivity index (χ2v) is 4.47. The summed E-state index contributed by atoms with van der Waals surface area (Å²) < 4.78 is 5.05. The summed E-state index contributed by atoms with van der Waals surface area (Å²) >= 11 is 0. The normalized spacial score (nSPS) is 28.2. The highest BCUT2D eigenvalue weighted by Gasteiger charge is 2.35. The molecule has 0 aromatic rings. The summed E-state index contributed by atoms with van der Waals surface area (Å²) in [4.78, 5) is 22.9. The van der Waals surface area contributed by atoms with Crippen LogP contribution in [0.4, 0.5) is 0 Å². The molecule has 1 rings (SSSR count). The Morgan fingerprint density at radius 3 is 2.71 bits per heavy atom. The SMILES string of the molecule is C=C[C@@H]1CC[C@@H](C(=O)OCC)[C@@H](NC(C)=O)C1. The maximum atomic E-state index is 11.8. The lowest BCUT2D eigenvalue weighted by Crippen LogP contribution is -2.46. The van der Waals surface area contributed by atoms with E-state index in [1.807, 2.05) is 6.08 Å². The molecule has 4 nitrogen and oxygen atoms in total. The Labute approximate surface area is 102 Å². The largest absolute Gasteiger partial charge is 0.466 e. The fourth-order valence-corrected chi connectivity index (χ4v) is 2.37. The van der Waals surface area contributed by atoms with Gasteiger partial charge in [0.05, 0.1) is 12.5 Å². The average molecular weight is 239 g/mol. The molecule has 0 saturated heterocycles. The highest BCUT2D eigenvalue weighted by molar-refractivity contribution is 5.77. The topological polar surface area (TPSA) is 55.4 Å². The van der Waals surface area contributed by atoms with Crippen LogP contribution in [-0.4, -0.2) is 24.5 Å². The zero-order valence-corrected chi connectivity index (χ0v) is 10.6. The summed E-state index contributed by atoms with van der Waals surface area (Å²) in [5.74, 6) is -0.143. The van der Waals surface area contributed by atoms with Crippen LogP contribution in [0.25, 0.3) is 0 Å². The lowest BCUT2D eigenvalue weighted by Gasteiger charge is -2.33. The molecule has 1 amide bonds. The van der Waals surface area contributed by atoms with Gasteiger partial charge in [-0.05, 0) is 32.1 Å². The van der Waals surface area contributed by atoms with Gasteiger partial charge in [0, 0.05) is 13.0 Å². The molecule has 1 aliphatic rings. The maximum absolute atomic E-state index is 11.8. The highest BCUT2D eigenvalue weighted by Crippen LogP contribution is 2.30. The van der Waals surface area contributed by atoms with Crippen LogP contribution in [0.3, 0.4) is 0 Å². The fraction of sp³-hybridized carbons (Fsp3) is 0.692. The predicted molar refractivity (Wildman–Crippen MR) is 65.3 cm³/mol. The first-order valence-corrected chi connectivity index (χ1v) is 6.14. The van der Waals surface area contributed by atoms with Crippen molar-refractivity contribution in [3.8, 4) is 0 Å². The fourth-order valence-electron chi connectivity index (χ4n) is 2.37. The van der Waals surface area contributed by atoms with Crippen LogP contribution in [0.5, 0.6) is 0 Å². The van der Waals surface area contributed by atoms with E-state index in [1.54, 1.807) is 6.92 Å². The molecule has 4 heteroatoms. The van der Waals surface area contributed by atoms with Crippen LogP contribution in [0, 0.1) is 11.8 Å². The van der Waals surface area contributed by atoms with Crippen LogP contribution >= 0.6 is 0 Å². The van der Waals surface area contributed by atoms with Gasteiger partial charge in [0.2, 0.25) is 5.91 Å². The molecular formula is C13H21NO3. The Kier molecular flexibility index (Phi) is 5.19. The number of ether oxygens (including phenoxy) is 1. The Morgan fingerprint density at radius 1 is 1.47 bits per heavy atom. The van der Waals surface area contributed by atoms with Gasteiger partial charge in [0.1, 0.15) is 0 Å². The van der Waals surface area contributed by atoms with Gasteiger partial charge in [0.15, 0.2) is 0 Å². The van der Waals surface area contributed by atoms with Gasteiger partial charge in [-0.1, -0.05) is 6.08 Å². The van der Waals surface area contributed by atoms with Gasteiger partial charge >= 0.3 is 5.97 Å². The van der Waals surface area contributed by atoms with Crippen molar-refractivity contribution in [2.24, 2.45) is 11.8 Å². The number of carbonyl (C=O) groups is 2. The van der Waals surface area contributed by atoms with E-state index in [1.165, 1.54) is 6.92 Å². The Morgan fingerprint density at radius 2 is 2.18 bits per heavy atom. The summed E-state index contributed by atoms with van der Waals surface area (Å²) in [6, 6.07) is -0.122. The van der Waals surface area contributed by atoms with Gasteiger partial charge < -0.3 is 10.1 Å². The minimum atomic E-state index is -0.213. The molecule has 1 N–H and O–H groups in total. The molecule has 0 aliphatic heterocycles. The maximum Gasteiger partial charge on any atom is 0.311 e. The standard InChI is InChI=1S/C13H21NO3/c1-4-10-6-7-11(13(16)17-5-2)12(8-10)14-9(3)15/h4,10-12H,1,5-8H2,2-3H3,(H,14,15)/t10-,11-,12+/m1/s1. The molecule has 1 fully saturated rings. The zero-order chi connectivity index (χ0) is 12.8. The number of hydrogen-bond donors (Lipinski definition) is 1. The van der Waals surface area contributed by atoms with Crippen LogP contribution in [0.15, 0.2) is 12.7 Å². The molecule has 96 valence electrons. The number of hydrogen-bond acceptors (Lipinski definition) is 3. The average Bonchev–Trinajstić information content (AvgIpc) is 2.28. The van der Waals surface area contributed by atoms with Crippen molar-refractivity contribution >= 4 is 11.9 Å². The van der Waals surface area contributed by atoms with Crippen LogP contribution in [0.2, 0.25) is 0 Å². The van der Waals surface area contributed by atoms with Crippen molar-refractivity contribution in [1.29, 1.82) is 0 Å². The number of nitrogens with one attached hydrogen (secondary N) is 1. The first-order chi connectivity index (χ1) is 8.08. The van der Waals surface area contributed by atoms with E-state index < -0.39 is 0 Å². The van der Waals surface area contributed by atoms with E-state index in [0.717, 1.165) is 19.3 Å². The molecule has 0 heterocycles. The second kappa shape index (κ2) is 6.42. The molecule has 0 bridgehead atoms. The van der Waals surface area contributed by atoms with Crippen molar-refractivity contribution in [1.82, 2.24) is 5.32 Å². The van der Waals surface area contributed by atoms with E-state index in [0.29, 0.717) is 12.5 Å². The summed E-state index contributed by atoms with van der Waals surface area (Å²) in [5, 5.41) is 2.85. The van der Waals surface area contributed by atoms with Crippen LogP contribution in [-0.2, 0) is 14.3 Å². The third-order valence-electron chi connectivity index (χ3n) is 3.20. The molecule has 0 unspecified atom stereocenters. The smallest absolute Gasteiger partial charge is 0.311 e. The zero-order valence-electron chi connectivity index (χ0n) is 10.6. The number of allylic oxidation sites excluding steroid dienone is 1. The Hall–Kier alpha value is -1.32. The van der Waals surface area contributed by atoms with E-state index in [-0.39, 0.29) is 23.8 Å². The Bertz CT molecular complexity index is 301. The molecule has 0 aromatic heterocycles. The molecular weight excluding hydrogens is 218 g/mol. The van der Waals surface area contributed by atoms with Crippen LogP contribution in [0.1, 0.15) is 33.1 Å². The number of carbonyl (C=O) groups excluding carboxylic acids is 2. The van der Waals surface area contributed by atoms with Gasteiger partial charge in [0.25, 0.3) is 0 Å². The number of amides is 1. The summed E-state index contributed by atoms with van der Waals surface area (Å²) in [6.07, 6.45) is 4.35. The minimum absolute atomic E-state index is 0.103. The van der Waals surface area contributed by atoms with Gasteiger partial charge in [-0.2, -0.15) is 0 Å². The molecule has 0 spiro atoms. The van der Waals surface area contributed by atoms with Crippen molar-refractivity contribution in [3.05, 3.63) is 12.7 Å². The molecule has 1 aliphatic carbocycles. The van der Waals surface area contributed by atoms with Gasteiger partial charge in [-0.3, -0.25) is 9.59 Å². The molecule has 1 saturated carbocycles. The van der Waals surface area contributed by atoms with Crippen molar-refractivity contribution in [2.45, 2.75) is 39.2 Å². The number of rotatable bonds is 4. The molecule has 3 atom stereocenters. The predicted octanol–water partition coefficient (Wildman–Crippen LogP) is 1.66. The van der Waals surface area contributed by atoms with E-state index in [9.17, 15) is 9.59 Å². The Balaban J connectivity index is 2.69. The summed E-state index contributed by atoms with van der Waals surface area (Å²) in [5.41, 5.74) is 0. The van der Waals surface area contributed by atoms with E-state index >= 15 is 0 Å². The van der Waals surface area contributed by atoms with Crippen molar-refractivity contribution in [2.75, 3.05) is 6.61 Å². The van der Waals surface area contributed by atoms with Gasteiger partial charge in [-0.15, -0.1) is 6.58 Å². The summed E-state index contributed by atoms with van der Waals surface area (Å²) in [7, 11) is 0. The lowest BCUT2D eigenvalue weighted by molar-refractivity contribution is -0.150. The number of esters is 1. The first-order valence-electron chi connectivity index (χ1n) is 6.14. The minimum Gasteiger partial charge on any atom is -0.466 e. The molecule has 0 aromatic carbocycles. The van der Waals surface area contributed by atoms with Gasteiger partial charge in [-0.25, -0.2) is 0 Å². The second-order valence-electron chi connectivity index (χ2n) is 4.47. The lowest BCUT2D eigenvalue weighted by atomic mass is 9.78. The molecule has 0 radical (unpaired) electrons. The van der Waals surface area contributed by atoms with E-state index in [4.69, 9.17) is 4.74 Å².